The van der Waals surface area contributed by atoms with E-state index in [1.807, 2.05) is 56.3 Å². The van der Waals surface area contributed by atoms with E-state index < -0.39 is 0 Å². The van der Waals surface area contributed by atoms with Gasteiger partial charge in [0.1, 0.15) is 11.3 Å². The lowest BCUT2D eigenvalue weighted by molar-refractivity contribution is 0.0982. The molecule has 0 N–H and O–H groups in total. The minimum atomic E-state index is -0.0235. The maximum atomic E-state index is 13.3. The first kappa shape index (κ1) is 18.2. The molecule has 1 heterocycles. The van der Waals surface area contributed by atoms with Crippen LogP contribution in [0.1, 0.15) is 42.1 Å². The van der Waals surface area contributed by atoms with Gasteiger partial charge in [-0.15, -0.1) is 0 Å². The number of carbonyl (C=O) groups excluding carboxylic acids is 1. The summed E-state index contributed by atoms with van der Waals surface area (Å²) < 4.78 is 5.45. The van der Waals surface area contributed by atoms with E-state index in [1.54, 1.807) is 0 Å². The number of hydrogen-bond donors (Lipinski definition) is 0. The number of hydrogen-bond acceptors (Lipinski definition) is 4. The van der Waals surface area contributed by atoms with Gasteiger partial charge in [0, 0.05) is 25.2 Å². The van der Waals surface area contributed by atoms with Crippen LogP contribution in [0.3, 0.4) is 0 Å². The van der Waals surface area contributed by atoms with Crippen molar-refractivity contribution in [1.82, 2.24) is 10.1 Å². The highest BCUT2D eigenvalue weighted by molar-refractivity contribution is 6.07. The van der Waals surface area contributed by atoms with Crippen molar-refractivity contribution >= 4 is 11.6 Å². The fourth-order valence-corrected chi connectivity index (χ4v) is 2.63. The molecule has 0 spiro atoms. The summed E-state index contributed by atoms with van der Waals surface area (Å²) in [7, 11) is 4.01. The van der Waals surface area contributed by atoms with Crippen molar-refractivity contribution in [2.24, 2.45) is 0 Å². The summed E-state index contributed by atoms with van der Waals surface area (Å²) in [4.78, 5) is 17.2. The van der Waals surface area contributed by atoms with E-state index in [2.05, 4.69) is 17.0 Å². The number of anilines is 1. The molecule has 130 valence electrons. The van der Waals surface area contributed by atoms with E-state index in [0.29, 0.717) is 24.3 Å². The highest BCUT2D eigenvalue weighted by Crippen LogP contribution is 2.23. The molecule has 24 heavy (non-hydrogen) atoms. The average molecular weight is 329 g/mol. The van der Waals surface area contributed by atoms with Crippen LogP contribution in [0.2, 0.25) is 0 Å². The normalized spacial score (nSPS) is 11.0. The summed E-state index contributed by atoms with van der Waals surface area (Å²) in [6, 6.07) is 9.79. The second-order valence-electron chi connectivity index (χ2n) is 6.13. The first-order valence-electron chi connectivity index (χ1n) is 8.57. The lowest BCUT2D eigenvalue weighted by Crippen LogP contribution is -2.37. The topological polar surface area (TPSA) is 49.6 Å². The number of aromatic nitrogens is 1. The second-order valence-corrected chi connectivity index (χ2v) is 6.13. The minimum Gasteiger partial charge on any atom is -0.360 e. The summed E-state index contributed by atoms with van der Waals surface area (Å²) in [6.07, 6.45) is 2.33. The largest absolute Gasteiger partial charge is 0.360 e. The van der Waals surface area contributed by atoms with E-state index in [9.17, 15) is 4.79 Å². The van der Waals surface area contributed by atoms with Gasteiger partial charge in [0.2, 0.25) is 0 Å². The molecule has 0 aliphatic heterocycles. The zero-order valence-corrected chi connectivity index (χ0v) is 15.1. The molecule has 0 aliphatic carbocycles. The van der Waals surface area contributed by atoms with Crippen molar-refractivity contribution in [1.29, 1.82) is 0 Å². The fraction of sp³-hybridized carbons (Fsp3) is 0.474. The summed E-state index contributed by atoms with van der Waals surface area (Å²) in [5, 5.41) is 4.11. The van der Waals surface area contributed by atoms with Crippen molar-refractivity contribution < 1.29 is 9.32 Å². The molecule has 0 radical (unpaired) electrons. The third kappa shape index (κ3) is 4.23. The fourth-order valence-electron chi connectivity index (χ4n) is 2.63. The Morgan fingerprint density at radius 1 is 1.12 bits per heavy atom. The SMILES string of the molecule is CCCc1onc(CC)c1C(=O)N(CCN(C)C)c1ccccc1. The molecule has 0 unspecified atom stereocenters. The van der Waals surface area contributed by atoms with Gasteiger partial charge >= 0.3 is 0 Å². The van der Waals surface area contributed by atoms with Crippen LogP contribution in [0.5, 0.6) is 0 Å². The molecule has 1 aromatic heterocycles. The maximum Gasteiger partial charge on any atom is 0.263 e. The molecule has 1 amide bonds. The van der Waals surface area contributed by atoms with E-state index in [4.69, 9.17) is 4.52 Å². The molecule has 0 saturated carbocycles. The number of para-hydroxylation sites is 1. The number of benzene rings is 1. The zero-order valence-electron chi connectivity index (χ0n) is 15.1. The Morgan fingerprint density at radius 3 is 2.42 bits per heavy atom. The highest BCUT2D eigenvalue weighted by Gasteiger charge is 2.26. The summed E-state index contributed by atoms with van der Waals surface area (Å²) in [5.41, 5.74) is 2.28. The van der Waals surface area contributed by atoms with E-state index >= 15 is 0 Å². The molecule has 5 heteroatoms. The first-order valence-corrected chi connectivity index (χ1v) is 8.57. The van der Waals surface area contributed by atoms with Crippen molar-refractivity contribution in [3.8, 4) is 0 Å². The molecule has 2 rings (SSSR count). The lowest BCUT2D eigenvalue weighted by Gasteiger charge is -2.24. The standard InChI is InChI=1S/C19H27N3O2/c1-5-10-17-18(16(6-2)20-24-17)19(23)22(14-13-21(3)4)15-11-8-7-9-12-15/h7-9,11-12H,5-6,10,13-14H2,1-4H3. The average Bonchev–Trinajstić information content (AvgIpc) is 2.98. The van der Waals surface area contributed by atoms with Crippen molar-refractivity contribution in [3.05, 3.63) is 47.3 Å². The van der Waals surface area contributed by atoms with Crippen LogP contribution in [0, 0.1) is 0 Å². The Balaban J connectivity index is 2.39. The first-order chi connectivity index (χ1) is 11.6. The summed E-state index contributed by atoms with van der Waals surface area (Å²) in [6.45, 7) is 5.48. The molecule has 0 bridgehead atoms. The van der Waals surface area contributed by atoms with Crippen LogP contribution in [0.25, 0.3) is 0 Å². The number of rotatable bonds is 8. The Bertz CT molecular complexity index is 650. The van der Waals surface area contributed by atoms with Gasteiger partial charge in [0.25, 0.3) is 5.91 Å². The summed E-state index contributed by atoms with van der Waals surface area (Å²) in [5.74, 6) is 0.676. The molecular formula is C19H27N3O2. The number of nitrogens with zero attached hydrogens (tertiary/aromatic N) is 3. The van der Waals surface area contributed by atoms with Crippen molar-refractivity contribution in [2.75, 3.05) is 32.1 Å². The molecule has 0 aliphatic rings. The number of carbonyl (C=O) groups is 1. The highest BCUT2D eigenvalue weighted by atomic mass is 16.5. The molecule has 0 atom stereocenters. The van der Waals surface area contributed by atoms with Gasteiger partial charge in [0.05, 0.1) is 5.69 Å². The van der Waals surface area contributed by atoms with Gasteiger partial charge in [-0.2, -0.15) is 0 Å². The second kappa shape index (κ2) is 8.64. The quantitative estimate of drug-likeness (QED) is 0.745. The van der Waals surface area contributed by atoms with Crippen LogP contribution in [0.15, 0.2) is 34.9 Å². The van der Waals surface area contributed by atoms with Gasteiger partial charge in [0.15, 0.2) is 0 Å². The minimum absolute atomic E-state index is 0.0235. The van der Waals surface area contributed by atoms with Crippen LogP contribution >= 0.6 is 0 Å². The van der Waals surface area contributed by atoms with Gasteiger partial charge in [-0.1, -0.05) is 37.2 Å². The Morgan fingerprint density at radius 2 is 1.83 bits per heavy atom. The third-order valence-corrected chi connectivity index (χ3v) is 3.94. The maximum absolute atomic E-state index is 13.3. The smallest absolute Gasteiger partial charge is 0.263 e. The van der Waals surface area contributed by atoms with Gasteiger partial charge in [-0.25, -0.2) is 0 Å². The van der Waals surface area contributed by atoms with E-state index in [-0.39, 0.29) is 5.91 Å². The van der Waals surface area contributed by atoms with Crippen molar-refractivity contribution in [3.63, 3.8) is 0 Å². The Labute approximate surface area is 144 Å². The molecule has 2 aromatic rings. The number of aryl methyl sites for hydroxylation is 2. The number of likely N-dealkylation sites (N-methyl/N-ethyl adjacent to an activating group) is 1. The predicted octanol–water partition coefficient (Wildman–Crippen LogP) is 3.40. The zero-order chi connectivity index (χ0) is 17.5. The molecular weight excluding hydrogens is 302 g/mol. The Hall–Kier alpha value is -2.14. The molecule has 1 aromatic carbocycles. The van der Waals surface area contributed by atoms with Gasteiger partial charge in [-0.3, -0.25) is 4.79 Å². The lowest BCUT2D eigenvalue weighted by atomic mass is 10.1. The third-order valence-electron chi connectivity index (χ3n) is 3.94. The van der Waals surface area contributed by atoms with Crippen LogP contribution in [0.4, 0.5) is 5.69 Å². The van der Waals surface area contributed by atoms with E-state index in [1.165, 1.54) is 0 Å². The van der Waals surface area contributed by atoms with Crippen molar-refractivity contribution in [2.45, 2.75) is 33.1 Å². The van der Waals surface area contributed by atoms with Gasteiger partial charge in [-0.05, 0) is 39.1 Å². The molecule has 5 nitrogen and oxygen atoms in total. The molecule has 0 fully saturated rings. The van der Waals surface area contributed by atoms with Crippen LogP contribution in [-0.4, -0.2) is 43.1 Å². The predicted molar refractivity (Wildman–Crippen MR) is 96.5 cm³/mol. The van der Waals surface area contributed by atoms with Crippen LogP contribution < -0.4 is 4.90 Å². The number of amides is 1. The van der Waals surface area contributed by atoms with Gasteiger partial charge < -0.3 is 14.3 Å². The molecule has 0 saturated heterocycles. The monoisotopic (exact) mass is 329 g/mol. The summed E-state index contributed by atoms with van der Waals surface area (Å²) >= 11 is 0. The van der Waals surface area contributed by atoms with E-state index in [0.717, 1.165) is 30.8 Å². The van der Waals surface area contributed by atoms with Crippen LogP contribution in [-0.2, 0) is 12.8 Å². The Kier molecular flexibility index (Phi) is 6.55.